The molecule has 0 spiro atoms. The van der Waals surface area contributed by atoms with Gasteiger partial charge in [-0.25, -0.2) is 4.57 Å². The molecule has 0 aliphatic carbocycles. The Morgan fingerprint density at radius 3 is 2.41 bits per heavy atom. The first-order valence-corrected chi connectivity index (χ1v) is 5.30. The van der Waals surface area contributed by atoms with E-state index in [1.54, 1.807) is 31.2 Å². The number of pyridine rings is 1. The molecule has 0 N–H and O–H groups in total. The molecule has 0 saturated carbocycles. The largest absolute Gasteiger partial charge is 0.215 e. The minimum absolute atomic E-state index is 0.183. The van der Waals surface area contributed by atoms with Crippen molar-refractivity contribution in [1.82, 2.24) is 0 Å². The summed E-state index contributed by atoms with van der Waals surface area (Å²) in [5, 5.41) is 0. The summed E-state index contributed by atoms with van der Waals surface area (Å²) in [5.74, 6) is 0. The molecule has 0 fully saturated rings. The fourth-order valence-corrected chi connectivity index (χ4v) is 1.92. The standard InChI is InChI=1S/C16H20N/c1-11-8-6-7-9-15(11)16-14(4)13(3)12(2)10-17(16)5/h6-10H,1-5H3/q+1/i2D3,3D3,4D3. The summed E-state index contributed by atoms with van der Waals surface area (Å²) in [5.41, 5.74) is -0.0436. The molecule has 2 aromatic rings. The molecular formula is C16H20N+. The molecular weight excluding hydrogens is 206 g/mol. The topological polar surface area (TPSA) is 3.88 Å². The minimum Gasteiger partial charge on any atom is -0.201 e. The van der Waals surface area contributed by atoms with Crippen LogP contribution in [0.2, 0.25) is 0 Å². The Labute approximate surface area is 116 Å². The van der Waals surface area contributed by atoms with Crippen LogP contribution in [0.4, 0.5) is 0 Å². The van der Waals surface area contributed by atoms with E-state index in [-0.39, 0.29) is 5.69 Å². The van der Waals surface area contributed by atoms with Crippen molar-refractivity contribution in [2.75, 3.05) is 0 Å². The third-order valence-electron chi connectivity index (χ3n) is 2.83. The van der Waals surface area contributed by atoms with Gasteiger partial charge in [-0.3, -0.25) is 0 Å². The van der Waals surface area contributed by atoms with Gasteiger partial charge in [-0.2, -0.15) is 0 Å². The zero-order chi connectivity index (χ0) is 20.1. The quantitative estimate of drug-likeness (QED) is 0.667. The summed E-state index contributed by atoms with van der Waals surface area (Å²) in [6.45, 7) is -6.67. The summed E-state index contributed by atoms with van der Waals surface area (Å²) < 4.78 is 71.8. The molecule has 0 aliphatic rings. The average molecular weight is 235 g/mol. The molecule has 1 aromatic heterocycles. The van der Waals surface area contributed by atoms with Crippen LogP contribution in [0.1, 0.15) is 34.6 Å². The number of aryl methyl sites for hydroxylation is 3. The molecule has 1 aromatic carbocycles. The Balaban J connectivity index is 3.12. The molecule has 1 heteroatoms. The van der Waals surface area contributed by atoms with Crippen LogP contribution in [-0.2, 0) is 7.05 Å². The zero-order valence-corrected chi connectivity index (χ0v) is 9.83. The van der Waals surface area contributed by atoms with E-state index in [2.05, 4.69) is 0 Å². The summed E-state index contributed by atoms with van der Waals surface area (Å²) in [7, 11) is 1.52. The van der Waals surface area contributed by atoms with Crippen molar-refractivity contribution in [3.8, 4) is 11.3 Å². The molecule has 0 radical (unpaired) electrons. The summed E-state index contributed by atoms with van der Waals surface area (Å²) in [6.07, 6.45) is 1.20. The van der Waals surface area contributed by atoms with E-state index in [0.717, 1.165) is 5.56 Å². The molecule has 0 aliphatic heterocycles. The SMILES string of the molecule is [2H]C([2H])([2H])c1c[n+](C)c(-c2ccccc2C)c(C([2H])([2H])[2H])c1C([2H])([2H])[2H]. The first kappa shape index (κ1) is 4.93. The fraction of sp³-hybridized carbons (Fsp3) is 0.312. The molecule has 0 amide bonds. The van der Waals surface area contributed by atoms with E-state index < -0.39 is 37.2 Å². The van der Waals surface area contributed by atoms with Crippen LogP contribution in [-0.4, -0.2) is 0 Å². The van der Waals surface area contributed by atoms with Gasteiger partial charge in [0.15, 0.2) is 6.20 Å². The third kappa shape index (κ3) is 1.97. The van der Waals surface area contributed by atoms with E-state index in [0.29, 0.717) is 5.56 Å². The van der Waals surface area contributed by atoms with Crippen molar-refractivity contribution in [2.45, 2.75) is 27.5 Å². The number of hydrogen-bond donors (Lipinski definition) is 0. The minimum atomic E-state index is -2.89. The zero-order valence-electron chi connectivity index (χ0n) is 18.8. The Bertz CT molecular complexity index is 829. The summed E-state index contributed by atoms with van der Waals surface area (Å²) in [4.78, 5) is 0. The van der Waals surface area contributed by atoms with Gasteiger partial charge in [-0.05, 0) is 44.7 Å². The number of benzene rings is 1. The molecule has 0 atom stereocenters. The van der Waals surface area contributed by atoms with Gasteiger partial charge in [0.1, 0.15) is 7.05 Å². The molecule has 0 bridgehead atoms. The van der Waals surface area contributed by atoms with Crippen LogP contribution in [0.3, 0.4) is 0 Å². The van der Waals surface area contributed by atoms with E-state index >= 15 is 0 Å². The normalized spacial score (nSPS) is 20.7. The Kier molecular flexibility index (Phi) is 1.25. The lowest BCUT2D eigenvalue weighted by atomic mass is 9.97. The lowest BCUT2D eigenvalue weighted by Crippen LogP contribution is -2.33. The monoisotopic (exact) mass is 235 g/mol. The van der Waals surface area contributed by atoms with Crippen molar-refractivity contribution in [1.29, 1.82) is 0 Å². The number of aromatic nitrogens is 1. The van der Waals surface area contributed by atoms with Gasteiger partial charge in [-0.15, -0.1) is 0 Å². The number of nitrogens with zero attached hydrogens (tertiary/aromatic N) is 1. The van der Waals surface area contributed by atoms with Crippen LogP contribution >= 0.6 is 0 Å². The maximum Gasteiger partial charge on any atom is 0.215 e. The molecule has 2 rings (SSSR count). The molecule has 0 saturated heterocycles. The van der Waals surface area contributed by atoms with Gasteiger partial charge in [0.05, 0.1) is 0 Å². The van der Waals surface area contributed by atoms with Crippen LogP contribution in [0.5, 0.6) is 0 Å². The predicted molar refractivity (Wildman–Crippen MR) is 72.0 cm³/mol. The van der Waals surface area contributed by atoms with E-state index in [4.69, 9.17) is 12.3 Å². The smallest absolute Gasteiger partial charge is 0.201 e. The van der Waals surface area contributed by atoms with Crippen LogP contribution in [0.25, 0.3) is 11.3 Å². The van der Waals surface area contributed by atoms with Gasteiger partial charge in [0.25, 0.3) is 0 Å². The van der Waals surface area contributed by atoms with Gasteiger partial charge in [-0.1, -0.05) is 18.2 Å². The van der Waals surface area contributed by atoms with Gasteiger partial charge in [0.2, 0.25) is 5.69 Å². The predicted octanol–water partition coefficient (Wildman–Crippen LogP) is 3.41. The highest BCUT2D eigenvalue weighted by Crippen LogP contribution is 2.25. The van der Waals surface area contributed by atoms with Crippen molar-refractivity contribution >= 4 is 0 Å². The Hall–Kier alpha value is -1.63. The van der Waals surface area contributed by atoms with Crippen LogP contribution < -0.4 is 4.57 Å². The molecule has 88 valence electrons. The van der Waals surface area contributed by atoms with Gasteiger partial charge in [0, 0.05) is 29.0 Å². The average Bonchev–Trinajstić information content (AvgIpc) is 2.44. The summed E-state index contributed by atoms with van der Waals surface area (Å²) in [6, 6.07) is 6.98. The number of rotatable bonds is 1. The maximum atomic E-state index is 7.94. The first-order valence-electron chi connectivity index (χ1n) is 9.80. The van der Waals surface area contributed by atoms with E-state index in [9.17, 15) is 0 Å². The van der Waals surface area contributed by atoms with Crippen molar-refractivity contribution < 1.29 is 16.9 Å². The molecule has 1 heterocycles. The molecule has 17 heavy (non-hydrogen) atoms. The second-order valence-corrected chi connectivity index (χ2v) is 4.07. The van der Waals surface area contributed by atoms with Crippen molar-refractivity contribution in [3.63, 3.8) is 0 Å². The van der Waals surface area contributed by atoms with Gasteiger partial charge < -0.3 is 0 Å². The first-order chi connectivity index (χ1) is 11.7. The highest BCUT2D eigenvalue weighted by atomic mass is 14.9. The fourth-order valence-electron chi connectivity index (χ4n) is 1.92. The highest BCUT2D eigenvalue weighted by molar-refractivity contribution is 5.65. The third-order valence-corrected chi connectivity index (χ3v) is 2.83. The lowest BCUT2D eigenvalue weighted by molar-refractivity contribution is -0.661. The van der Waals surface area contributed by atoms with E-state index in [1.807, 2.05) is 0 Å². The maximum absolute atomic E-state index is 7.94. The Morgan fingerprint density at radius 2 is 1.76 bits per heavy atom. The second-order valence-electron chi connectivity index (χ2n) is 4.07. The lowest BCUT2D eigenvalue weighted by Gasteiger charge is -2.10. The summed E-state index contributed by atoms with van der Waals surface area (Å²) >= 11 is 0. The van der Waals surface area contributed by atoms with Crippen LogP contribution in [0, 0.1) is 27.5 Å². The second kappa shape index (κ2) is 4.33. The van der Waals surface area contributed by atoms with Crippen LogP contribution in [0.15, 0.2) is 30.5 Å². The highest BCUT2D eigenvalue weighted by Gasteiger charge is 2.18. The van der Waals surface area contributed by atoms with E-state index in [1.165, 1.54) is 17.8 Å². The Morgan fingerprint density at radius 1 is 1.00 bits per heavy atom. The number of hydrogen-bond acceptors (Lipinski definition) is 0. The van der Waals surface area contributed by atoms with Crippen molar-refractivity contribution in [3.05, 3.63) is 52.7 Å². The molecule has 0 unspecified atom stereocenters. The molecule has 1 nitrogen and oxygen atoms in total. The van der Waals surface area contributed by atoms with Gasteiger partial charge >= 0.3 is 0 Å². The van der Waals surface area contributed by atoms with Crippen molar-refractivity contribution in [2.24, 2.45) is 7.05 Å².